The Balaban J connectivity index is 1.93. The largest absolute Gasteiger partial charge is 0.235 e. The molecule has 3 rings (SSSR count). The molecule has 0 heterocycles. The van der Waals surface area contributed by atoms with Crippen molar-refractivity contribution in [2.75, 3.05) is 0 Å². The highest BCUT2D eigenvalue weighted by atomic mass is 16.1. The molecule has 0 radical (unpaired) electrons. The van der Waals surface area contributed by atoms with Crippen LogP contribution in [0.1, 0.15) is 24.8 Å². The Kier molecular flexibility index (Phi) is 3.02. The van der Waals surface area contributed by atoms with Gasteiger partial charge >= 0.3 is 0 Å². The van der Waals surface area contributed by atoms with Gasteiger partial charge in [0, 0.05) is 0 Å². The maximum Gasteiger partial charge on any atom is 0.235 e. The second-order valence-corrected chi connectivity index (χ2v) is 5.03. The van der Waals surface area contributed by atoms with E-state index in [1.54, 1.807) is 6.08 Å². The molecule has 1 fully saturated rings. The number of benzene rings is 2. The molecule has 0 saturated heterocycles. The van der Waals surface area contributed by atoms with Crippen LogP contribution in [0.3, 0.4) is 0 Å². The van der Waals surface area contributed by atoms with Crippen LogP contribution in [0.25, 0.3) is 11.1 Å². The summed E-state index contributed by atoms with van der Waals surface area (Å²) in [6.07, 6.45) is 4.76. The van der Waals surface area contributed by atoms with Gasteiger partial charge in [0.15, 0.2) is 0 Å². The Labute approximate surface area is 112 Å². The van der Waals surface area contributed by atoms with Gasteiger partial charge in [-0.2, -0.15) is 4.99 Å². The van der Waals surface area contributed by atoms with Gasteiger partial charge in [-0.15, -0.1) is 0 Å². The second-order valence-electron chi connectivity index (χ2n) is 5.03. The summed E-state index contributed by atoms with van der Waals surface area (Å²) in [6.45, 7) is 0. The number of isocyanates is 1. The summed E-state index contributed by atoms with van der Waals surface area (Å²) in [5.41, 5.74) is 3.23. The first-order chi connectivity index (χ1) is 9.34. The molecule has 2 heteroatoms. The molecule has 0 aliphatic heterocycles. The molecule has 19 heavy (non-hydrogen) atoms. The summed E-state index contributed by atoms with van der Waals surface area (Å²) in [6, 6.07) is 18.6. The van der Waals surface area contributed by atoms with Crippen molar-refractivity contribution in [2.24, 2.45) is 4.99 Å². The molecule has 1 aliphatic rings. The Hall–Kier alpha value is -2.18. The van der Waals surface area contributed by atoms with Gasteiger partial charge in [-0.25, -0.2) is 4.79 Å². The summed E-state index contributed by atoms with van der Waals surface area (Å²) < 4.78 is 0. The van der Waals surface area contributed by atoms with Gasteiger partial charge < -0.3 is 0 Å². The SMILES string of the molecule is O=C=NC1(c2ccc(-c3ccccc3)cc2)CCC1. The highest BCUT2D eigenvalue weighted by Crippen LogP contribution is 2.44. The van der Waals surface area contributed by atoms with Gasteiger partial charge in [0.1, 0.15) is 0 Å². The fourth-order valence-corrected chi connectivity index (χ4v) is 2.67. The molecular formula is C17H15NO. The van der Waals surface area contributed by atoms with E-state index in [1.807, 2.05) is 18.2 Å². The van der Waals surface area contributed by atoms with E-state index >= 15 is 0 Å². The van der Waals surface area contributed by atoms with Crippen LogP contribution < -0.4 is 0 Å². The predicted molar refractivity (Wildman–Crippen MR) is 75.5 cm³/mol. The van der Waals surface area contributed by atoms with Gasteiger partial charge in [-0.05, 0) is 36.0 Å². The van der Waals surface area contributed by atoms with E-state index in [0.717, 1.165) is 24.8 Å². The van der Waals surface area contributed by atoms with Crippen LogP contribution in [-0.2, 0) is 10.3 Å². The number of hydrogen-bond acceptors (Lipinski definition) is 2. The molecule has 2 aromatic rings. The van der Waals surface area contributed by atoms with Crippen LogP contribution in [0, 0.1) is 0 Å². The van der Waals surface area contributed by atoms with Gasteiger partial charge in [0.05, 0.1) is 5.54 Å². The molecule has 0 spiro atoms. The first kappa shape index (κ1) is 11.9. The van der Waals surface area contributed by atoms with Crippen LogP contribution in [0.5, 0.6) is 0 Å². The smallest absolute Gasteiger partial charge is 0.211 e. The van der Waals surface area contributed by atoms with Crippen molar-refractivity contribution in [3.63, 3.8) is 0 Å². The standard InChI is InChI=1S/C17H15NO/c19-13-18-17(11-4-12-17)16-9-7-15(8-10-16)14-5-2-1-3-6-14/h1-3,5-10H,4,11-12H2. The Bertz CT molecular complexity index is 605. The van der Waals surface area contributed by atoms with E-state index in [0.29, 0.717) is 0 Å². The van der Waals surface area contributed by atoms with Crippen LogP contribution >= 0.6 is 0 Å². The molecule has 0 N–H and O–H groups in total. The average Bonchev–Trinajstić information content (AvgIpc) is 2.44. The van der Waals surface area contributed by atoms with Crippen molar-refractivity contribution in [1.82, 2.24) is 0 Å². The van der Waals surface area contributed by atoms with E-state index < -0.39 is 0 Å². The summed E-state index contributed by atoms with van der Waals surface area (Å²) >= 11 is 0. The van der Waals surface area contributed by atoms with E-state index in [9.17, 15) is 4.79 Å². The minimum atomic E-state index is -0.295. The lowest BCUT2D eigenvalue weighted by atomic mass is 9.72. The summed E-state index contributed by atoms with van der Waals surface area (Å²) in [5.74, 6) is 0. The lowest BCUT2D eigenvalue weighted by Crippen LogP contribution is -2.31. The number of hydrogen-bond donors (Lipinski definition) is 0. The van der Waals surface area contributed by atoms with Crippen molar-refractivity contribution in [1.29, 1.82) is 0 Å². The zero-order chi connectivity index (χ0) is 13.1. The maximum atomic E-state index is 10.6. The molecule has 1 aliphatic carbocycles. The molecule has 2 nitrogen and oxygen atoms in total. The normalized spacial score (nSPS) is 16.2. The monoisotopic (exact) mass is 249 g/mol. The first-order valence-corrected chi connectivity index (χ1v) is 6.59. The van der Waals surface area contributed by atoms with E-state index in [4.69, 9.17) is 0 Å². The van der Waals surface area contributed by atoms with Gasteiger partial charge in [0.25, 0.3) is 0 Å². The molecule has 0 unspecified atom stereocenters. The maximum absolute atomic E-state index is 10.6. The van der Waals surface area contributed by atoms with Crippen LogP contribution in [0.2, 0.25) is 0 Å². The number of rotatable bonds is 3. The van der Waals surface area contributed by atoms with E-state index in [1.165, 1.54) is 11.1 Å². The average molecular weight is 249 g/mol. The lowest BCUT2D eigenvalue weighted by Gasteiger charge is -2.37. The quantitative estimate of drug-likeness (QED) is 0.595. The zero-order valence-electron chi connectivity index (χ0n) is 10.7. The number of aliphatic imine (C=N–C) groups is 1. The number of carbonyl (C=O) groups excluding carboxylic acids is 1. The topological polar surface area (TPSA) is 29.4 Å². The van der Waals surface area contributed by atoms with Gasteiger partial charge in [-0.3, -0.25) is 0 Å². The van der Waals surface area contributed by atoms with Crippen molar-refractivity contribution in [2.45, 2.75) is 24.8 Å². The molecule has 0 atom stereocenters. The minimum Gasteiger partial charge on any atom is -0.211 e. The van der Waals surface area contributed by atoms with Crippen LogP contribution in [0.15, 0.2) is 59.6 Å². The Morgan fingerprint density at radius 3 is 2.05 bits per heavy atom. The fourth-order valence-electron chi connectivity index (χ4n) is 2.67. The minimum absolute atomic E-state index is 0.295. The van der Waals surface area contributed by atoms with Crippen LogP contribution in [-0.4, -0.2) is 6.08 Å². The van der Waals surface area contributed by atoms with E-state index in [-0.39, 0.29) is 5.54 Å². The molecule has 0 bridgehead atoms. The summed E-state index contributed by atoms with van der Waals surface area (Å²) in [5, 5.41) is 0. The van der Waals surface area contributed by atoms with Crippen molar-refractivity contribution in [3.05, 3.63) is 60.2 Å². The molecule has 0 aromatic heterocycles. The molecule has 2 aromatic carbocycles. The summed E-state index contributed by atoms with van der Waals surface area (Å²) in [4.78, 5) is 14.6. The zero-order valence-corrected chi connectivity index (χ0v) is 10.7. The molecular weight excluding hydrogens is 234 g/mol. The van der Waals surface area contributed by atoms with Crippen molar-refractivity contribution in [3.8, 4) is 11.1 Å². The third-order valence-corrected chi connectivity index (χ3v) is 3.97. The molecule has 0 amide bonds. The third-order valence-electron chi connectivity index (χ3n) is 3.97. The number of nitrogens with zero attached hydrogens (tertiary/aromatic N) is 1. The Morgan fingerprint density at radius 2 is 1.53 bits per heavy atom. The molecule has 1 saturated carbocycles. The summed E-state index contributed by atoms with van der Waals surface area (Å²) in [7, 11) is 0. The van der Waals surface area contributed by atoms with Crippen molar-refractivity contribution >= 4 is 6.08 Å². The van der Waals surface area contributed by atoms with E-state index in [2.05, 4.69) is 41.4 Å². The predicted octanol–water partition coefficient (Wildman–Crippen LogP) is 4.07. The first-order valence-electron chi connectivity index (χ1n) is 6.59. The lowest BCUT2D eigenvalue weighted by molar-refractivity contribution is 0.256. The Morgan fingerprint density at radius 1 is 0.895 bits per heavy atom. The van der Waals surface area contributed by atoms with Crippen molar-refractivity contribution < 1.29 is 4.79 Å². The molecule has 94 valence electrons. The fraction of sp³-hybridized carbons (Fsp3) is 0.235. The van der Waals surface area contributed by atoms with Crippen LogP contribution in [0.4, 0.5) is 0 Å². The highest BCUT2D eigenvalue weighted by molar-refractivity contribution is 5.63. The third kappa shape index (κ3) is 2.11. The second kappa shape index (κ2) is 4.83. The van der Waals surface area contributed by atoms with Gasteiger partial charge in [-0.1, -0.05) is 54.6 Å². The van der Waals surface area contributed by atoms with Gasteiger partial charge in [0.2, 0.25) is 6.08 Å². The highest BCUT2D eigenvalue weighted by Gasteiger charge is 2.38.